The van der Waals surface area contributed by atoms with E-state index in [2.05, 4.69) is 10.5 Å². The Kier molecular flexibility index (Phi) is 6.09. The number of aryl methyl sites for hydroxylation is 1. The minimum Gasteiger partial charge on any atom is -0.465 e. The van der Waals surface area contributed by atoms with Crippen LogP contribution in [0.3, 0.4) is 0 Å². The molecule has 2 saturated carbocycles. The fourth-order valence-electron chi connectivity index (χ4n) is 4.48. The molecule has 3 aromatic rings. The Labute approximate surface area is 204 Å². The highest BCUT2D eigenvalue weighted by molar-refractivity contribution is 5.91. The third-order valence-corrected chi connectivity index (χ3v) is 7.00. The summed E-state index contributed by atoms with van der Waals surface area (Å²) in [6, 6.07) is 16.0. The van der Waals surface area contributed by atoms with Gasteiger partial charge in [-0.2, -0.15) is 0 Å². The van der Waals surface area contributed by atoms with Crippen molar-refractivity contribution in [3.63, 3.8) is 0 Å². The molecule has 0 bridgehead atoms. The number of anilines is 1. The molecular weight excluding hydrogens is 444 g/mol. The van der Waals surface area contributed by atoms with E-state index in [1.165, 1.54) is 0 Å². The van der Waals surface area contributed by atoms with Crippen LogP contribution in [-0.4, -0.2) is 29.9 Å². The molecule has 0 spiro atoms. The van der Waals surface area contributed by atoms with Crippen molar-refractivity contribution in [3.8, 4) is 22.5 Å². The average molecular weight is 475 g/mol. The van der Waals surface area contributed by atoms with E-state index in [9.17, 15) is 9.59 Å². The van der Waals surface area contributed by atoms with Gasteiger partial charge in [0.05, 0.1) is 12.0 Å². The van der Waals surface area contributed by atoms with Crippen LogP contribution in [0.25, 0.3) is 22.5 Å². The van der Waals surface area contributed by atoms with Gasteiger partial charge in [0.1, 0.15) is 17.5 Å². The topological polar surface area (TPSA) is 90.7 Å². The number of hydrogen-bond acceptors (Lipinski definition) is 6. The summed E-state index contributed by atoms with van der Waals surface area (Å²) in [5.41, 5.74) is 4.52. The van der Waals surface area contributed by atoms with Crippen LogP contribution in [0.2, 0.25) is 0 Å². The van der Waals surface area contributed by atoms with E-state index in [0.717, 1.165) is 47.9 Å². The predicted octanol–water partition coefficient (Wildman–Crippen LogP) is 6.26. The summed E-state index contributed by atoms with van der Waals surface area (Å²) in [6.45, 7) is 5.94. The predicted molar refractivity (Wildman–Crippen MR) is 132 cm³/mol. The Morgan fingerprint density at radius 2 is 1.66 bits per heavy atom. The number of benzene rings is 2. The van der Waals surface area contributed by atoms with Crippen LogP contribution in [-0.2, 0) is 19.7 Å². The molecule has 7 heteroatoms. The molecule has 2 aliphatic rings. The second-order valence-corrected chi connectivity index (χ2v) is 9.50. The molecule has 1 unspecified atom stereocenters. The highest BCUT2D eigenvalue weighted by Gasteiger charge is 2.52. The first-order chi connectivity index (χ1) is 16.9. The first kappa shape index (κ1) is 23.1. The normalized spacial score (nSPS) is 16.9. The Bertz CT molecular complexity index is 1220. The summed E-state index contributed by atoms with van der Waals surface area (Å²) in [6.07, 6.45) is 3.28. The largest absolute Gasteiger partial charge is 0.465 e. The number of aromatic nitrogens is 1. The first-order valence-corrected chi connectivity index (χ1v) is 12.2. The highest BCUT2D eigenvalue weighted by atomic mass is 16.6. The van der Waals surface area contributed by atoms with E-state index in [0.29, 0.717) is 29.7 Å². The maximum atomic E-state index is 12.4. The van der Waals surface area contributed by atoms with Gasteiger partial charge in [-0.3, -0.25) is 10.1 Å². The van der Waals surface area contributed by atoms with Crippen molar-refractivity contribution in [2.45, 2.75) is 58.0 Å². The van der Waals surface area contributed by atoms with E-state index in [1.807, 2.05) is 62.4 Å². The van der Waals surface area contributed by atoms with Crippen molar-refractivity contribution in [1.29, 1.82) is 0 Å². The molecule has 7 nitrogen and oxygen atoms in total. The van der Waals surface area contributed by atoms with Crippen molar-refractivity contribution in [3.05, 3.63) is 59.8 Å². The van der Waals surface area contributed by atoms with Crippen LogP contribution in [0, 0.1) is 12.8 Å². The van der Waals surface area contributed by atoms with Crippen molar-refractivity contribution >= 4 is 17.7 Å². The third-order valence-electron chi connectivity index (χ3n) is 7.00. The zero-order valence-corrected chi connectivity index (χ0v) is 20.3. The summed E-state index contributed by atoms with van der Waals surface area (Å²) in [7, 11) is 0. The number of ether oxygens (including phenoxy) is 2. The van der Waals surface area contributed by atoms with Crippen LogP contribution in [0.1, 0.15) is 50.8 Å². The average Bonchev–Trinajstić information content (AvgIpc) is 3.78. The smallest absolute Gasteiger partial charge is 0.412 e. The number of amides is 1. The van der Waals surface area contributed by atoms with E-state index in [4.69, 9.17) is 14.0 Å². The number of esters is 1. The van der Waals surface area contributed by atoms with Gasteiger partial charge in [-0.15, -0.1) is 0 Å². The second kappa shape index (κ2) is 9.21. The van der Waals surface area contributed by atoms with Crippen LogP contribution in [0.5, 0.6) is 0 Å². The highest BCUT2D eigenvalue weighted by Crippen LogP contribution is 2.49. The minimum absolute atomic E-state index is 0.101. The maximum Gasteiger partial charge on any atom is 0.412 e. The summed E-state index contributed by atoms with van der Waals surface area (Å²) >= 11 is 0. The van der Waals surface area contributed by atoms with Gasteiger partial charge >= 0.3 is 12.1 Å². The lowest BCUT2D eigenvalue weighted by Crippen LogP contribution is -2.23. The summed E-state index contributed by atoms with van der Waals surface area (Å²) in [4.78, 5) is 24.7. The Morgan fingerprint density at radius 1 is 1.06 bits per heavy atom. The van der Waals surface area contributed by atoms with Gasteiger partial charge in [-0.05, 0) is 69.1 Å². The Hall–Kier alpha value is -3.61. The maximum absolute atomic E-state index is 12.4. The van der Waals surface area contributed by atoms with E-state index < -0.39 is 11.5 Å². The van der Waals surface area contributed by atoms with E-state index in [1.54, 1.807) is 6.92 Å². The van der Waals surface area contributed by atoms with Gasteiger partial charge in [-0.1, -0.05) is 53.7 Å². The lowest BCUT2D eigenvalue weighted by molar-refractivity contribution is -0.146. The molecule has 1 N–H and O–H groups in total. The molecule has 1 heterocycles. The van der Waals surface area contributed by atoms with Gasteiger partial charge in [0.15, 0.2) is 5.76 Å². The second-order valence-electron chi connectivity index (χ2n) is 9.50. The molecule has 2 aliphatic carbocycles. The van der Waals surface area contributed by atoms with Crippen LogP contribution in [0.15, 0.2) is 53.1 Å². The van der Waals surface area contributed by atoms with E-state index in [-0.39, 0.29) is 12.1 Å². The van der Waals surface area contributed by atoms with Gasteiger partial charge in [-0.25, -0.2) is 4.79 Å². The molecule has 1 aromatic heterocycles. The molecule has 1 atom stereocenters. The number of hydrogen-bond donors (Lipinski definition) is 1. The molecular formula is C28H30N2O5. The molecule has 0 saturated heterocycles. The Morgan fingerprint density at radius 3 is 2.23 bits per heavy atom. The molecule has 0 radical (unpaired) electrons. The monoisotopic (exact) mass is 474 g/mol. The van der Waals surface area contributed by atoms with Gasteiger partial charge < -0.3 is 14.0 Å². The molecule has 5 rings (SSSR count). The number of nitrogens with zero attached hydrogens (tertiary/aromatic N) is 1. The Balaban J connectivity index is 1.30. The molecule has 0 aliphatic heterocycles. The standard InChI is InChI=1S/C28H30N2O5/c1-4-33-26(31)28(15-16-28)23-13-11-21(12-14-23)20-7-9-22(10-8-20)25-24(17(2)30-35-25)29-27(32)34-18(3)19-5-6-19/h7-14,18-19H,4-6,15-16H2,1-3H3,(H,29,32). The molecule has 35 heavy (non-hydrogen) atoms. The van der Waals surface area contributed by atoms with Gasteiger partial charge in [0.25, 0.3) is 0 Å². The SMILES string of the molecule is CCOC(=O)C1(c2ccc(-c3ccc(-c4onc(C)c4NC(=O)OC(C)C4CC4)cc3)cc2)CC1. The van der Waals surface area contributed by atoms with Crippen molar-refractivity contribution in [2.75, 3.05) is 11.9 Å². The lowest BCUT2D eigenvalue weighted by Gasteiger charge is -2.15. The van der Waals surface area contributed by atoms with Gasteiger partial charge in [0, 0.05) is 5.56 Å². The molecule has 2 fully saturated rings. The molecule has 1 amide bonds. The number of rotatable bonds is 8. The quantitative estimate of drug-likeness (QED) is 0.388. The van der Waals surface area contributed by atoms with Crippen LogP contribution >= 0.6 is 0 Å². The van der Waals surface area contributed by atoms with Crippen molar-refractivity contribution in [2.24, 2.45) is 5.92 Å². The zero-order valence-electron chi connectivity index (χ0n) is 20.3. The lowest BCUT2D eigenvalue weighted by atomic mass is 9.93. The van der Waals surface area contributed by atoms with Gasteiger partial charge in [0.2, 0.25) is 0 Å². The van der Waals surface area contributed by atoms with E-state index >= 15 is 0 Å². The fourth-order valence-corrected chi connectivity index (χ4v) is 4.48. The summed E-state index contributed by atoms with van der Waals surface area (Å²) in [5, 5.41) is 6.84. The number of carbonyl (C=O) groups is 2. The first-order valence-electron chi connectivity index (χ1n) is 12.2. The minimum atomic E-state index is -0.495. The number of carbonyl (C=O) groups excluding carboxylic acids is 2. The summed E-state index contributed by atoms with van der Waals surface area (Å²) in [5.74, 6) is 0.825. The third kappa shape index (κ3) is 4.67. The molecule has 182 valence electrons. The van der Waals surface area contributed by atoms with Crippen LogP contribution < -0.4 is 5.32 Å². The zero-order chi connectivity index (χ0) is 24.6. The number of nitrogens with one attached hydrogen (secondary N) is 1. The fraction of sp³-hybridized carbons (Fsp3) is 0.393. The summed E-state index contributed by atoms with van der Waals surface area (Å²) < 4.78 is 16.3. The van der Waals surface area contributed by atoms with Crippen LogP contribution in [0.4, 0.5) is 10.5 Å². The van der Waals surface area contributed by atoms with Crippen molar-refractivity contribution < 1.29 is 23.6 Å². The molecule has 2 aromatic carbocycles. The van der Waals surface area contributed by atoms with Crippen molar-refractivity contribution in [1.82, 2.24) is 5.16 Å².